The number of unbranched alkanes of at least 4 members (excludes halogenated alkanes) is 27. The van der Waals surface area contributed by atoms with Crippen LogP contribution in [0.3, 0.4) is 0 Å². The quantitative estimate of drug-likeness (QED) is 0.0277. The summed E-state index contributed by atoms with van der Waals surface area (Å²) in [5.74, 6) is -0.0208. The Kier molecular flexibility index (Phi) is 27.2. The maximum Gasteiger partial charge on any atom is 0.307 e. The zero-order valence-electron chi connectivity index (χ0n) is 40.3. The molecular weight excluding hydrogens is 791 g/mol. The van der Waals surface area contributed by atoms with Crippen molar-refractivity contribution < 1.29 is 38.1 Å². The number of rotatable bonds is 41. The first kappa shape index (κ1) is 52.6. The summed E-state index contributed by atoms with van der Waals surface area (Å²) < 4.78 is 31.1. The van der Waals surface area contributed by atoms with E-state index in [-0.39, 0.29) is 43.6 Å². The predicted octanol–water partition coefficient (Wildman–Crippen LogP) is 14.0. The Morgan fingerprint density at radius 2 is 0.857 bits per heavy atom. The largest absolute Gasteiger partial charge is 0.490 e. The summed E-state index contributed by atoms with van der Waals surface area (Å²) >= 11 is 0. The fraction of sp³-hybridized carbons (Fsp3) is 0.796. The van der Waals surface area contributed by atoms with Gasteiger partial charge in [-0.05, 0) is 37.0 Å². The first-order valence-corrected chi connectivity index (χ1v) is 26.4. The van der Waals surface area contributed by atoms with Crippen molar-refractivity contribution >= 4 is 17.8 Å². The Balaban J connectivity index is 1.33. The van der Waals surface area contributed by atoms with E-state index in [1.807, 2.05) is 24.3 Å². The van der Waals surface area contributed by atoms with Crippen molar-refractivity contribution in [3.63, 3.8) is 0 Å². The van der Waals surface area contributed by atoms with Gasteiger partial charge in [0.05, 0.1) is 50.3 Å². The second kappa shape index (κ2) is 32.6. The molecule has 3 heterocycles. The molecule has 1 aromatic carbocycles. The number of esters is 1. The third-order valence-electron chi connectivity index (χ3n) is 13.3. The molecule has 9 heteroatoms. The van der Waals surface area contributed by atoms with E-state index in [1.54, 1.807) is 0 Å². The van der Waals surface area contributed by atoms with Gasteiger partial charge in [-0.15, -0.1) is 0 Å². The van der Waals surface area contributed by atoms with Crippen molar-refractivity contribution in [2.45, 2.75) is 239 Å². The summed E-state index contributed by atoms with van der Waals surface area (Å²) in [7, 11) is 0. The number of hydrogen-bond donors (Lipinski definition) is 0. The lowest BCUT2D eigenvalue weighted by Gasteiger charge is -2.19. The third-order valence-corrected chi connectivity index (χ3v) is 13.3. The molecule has 2 bridgehead atoms. The first-order chi connectivity index (χ1) is 31.0. The molecule has 358 valence electrons. The van der Waals surface area contributed by atoms with Crippen LogP contribution in [-0.4, -0.2) is 61.3 Å². The molecule has 4 atom stereocenters. The summed E-state index contributed by atoms with van der Waals surface area (Å²) in [5, 5.41) is 0. The van der Waals surface area contributed by atoms with Crippen molar-refractivity contribution in [1.82, 2.24) is 4.90 Å². The van der Waals surface area contributed by atoms with Gasteiger partial charge in [0.25, 0.3) is 0 Å². The van der Waals surface area contributed by atoms with Crippen LogP contribution in [0.4, 0.5) is 0 Å². The van der Waals surface area contributed by atoms with Gasteiger partial charge in [-0.3, -0.25) is 19.3 Å². The number of carbonyl (C=O) groups excluding carboxylic acids is 3. The molecule has 0 unspecified atom stereocenters. The molecule has 1 aromatic rings. The van der Waals surface area contributed by atoms with Crippen LogP contribution in [0.2, 0.25) is 0 Å². The molecular formula is C54H89NO8. The Hall–Kier alpha value is -3.07. The minimum absolute atomic E-state index is 0.00904. The summed E-state index contributed by atoms with van der Waals surface area (Å²) in [6.07, 6.45) is 40.7. The van der Waals surface area contributed by atoms with Gasteiger partial charge < -0.3 is 23.7 Å². The smallest absolute Gasteiger partial charge is 0.307 e. The van der Waals surface area contributed by atoms with Gasteiger partial charge in [-0.25, -0.2) is 0 Å². The minimum atomic E-state index is -0.480. The molecule has 0 spiro atoms. The molecule has 0 N–H and O–H groups in total. The van der Waals surface area contributed by atoms with Crippen LogP contribution in [0.25, 0.3) is 0 Å². The van der Waals surface area contributed by atoms with Gasteiger partial charge in [0.2, 0.25) is 17.6 Å². The summed E-state index contributed by atoms with van der Waals surface area (Å²) in [6, 6.07) is 3.87. The number of nitrogens with zero attached hydrogens (tertiary/aromatic N) is 1. The Morgan fingerprint density at radius 1 is 0.508 bits per heavy atom. The number of hydrogen-bond acceptors (Lipinski definition) is 8. The van der Waals surface area contributed by atoms with Crippen LogP contribution in [0, 0.1) is 11.8 Å². The fourth-order valence-electron chi connectivity index (χ4n) is 9.40. The summed E-state index contributed by atoms with van der Waals surface area (Å²) in [4.78, 5) is 40.6. The van der Waals surface area contributed by atoms with Gasteiger partial charge in [-0.2, -0.15) is 0 Å². The lowest BCUT2D eigenvalue weighted by atomic mass is 9.85. The molecule has 4 rings (SSSR count). The highest BCUT2D eigenvalue weighted by molar-refractivity contribution is 6.06. The molecule has 2 saturated heterocycles. The molecule has 0 aliphatic carbocycles. The molecule has 2 amide bonds. The van der Waals surface area contributed by atoms with Crippen molar-refractivity contribution in [2.75, 3.05) is 26.4 Å². The minimum Gasteiger partial charge on any atom is -0.490 e. The number of ether oxygens (including phenoxy) is 5. The van der Waals surface area contributed by atoms with E-state index >= 15 is 0 Å². The zero-order valence-corrected chi connectivity index (χ0v) is 40.3. The Morgan fingerprint density at radius 3 is 1.24 bits per heavy atom. The van der Waals surface area contributed by atoms with Gasteiger partial charge in [0.1, 0.15) is 6.61 Å². The van der Waals surface area contributed by atoms with E-state index in [4.69, 9.17) is 23.7 Å². The van der Waals surface area contributed by atoms with E-state index in [0.717, 1.165) is 44.1 Å². The van der Waals surface area contributed by atoms with E-state index in [9.17, 15) is 14.4 Å². The number of amides is 2. The van der Waals surface area contributed by atoms with Crippen LogP contribution in [0.5, 0.6) is 17.2 Å². The standard InChI is InChI=1S/C54H89NO8/c1-4-7-10-13-16-19-22-25-28-31-38-59-47-41-44(43-62-49(56)36-37-55-53(57)50-45-34-35-46(63-45)51(50)54(55)58)42-48(60-39-32-29-26-23-20-17-14-11-8-5-2)52(47)61-40-33-30-27-24-21-18-15-12-9-6-3/h34-35,41-42,45-46,50-51H,4-33,36-40,43H2,1-3H3/t45-,46+,50-,51+. The molecule has 2 fully saturated rings. The predicted molar refractivity (Wildman–Crippen MR) is 254 cm³/mol. The van der Waals surface area contributed by atoms with Gasteiger partial charge in [0.15, 0.2) is 11.5 Å². The first-order valence-electron chi connectivity index (χ1n) is 26.4. The average Bonchev–Trinajstić information content (AvgIpc) is 3.98. The molecule has 63 heavy (non-hydrogen) atoms. The SMILES string of the molecule is CCCCCCCCCCCCOc1cc(COC(=O)CCN2C(=O)[C@@H]3[C@H](C2=O)[C@H]2C=C[C@@H]3O2)cc(OCCCCCCCCCCCC)c1OCCCCCCCCCCCC. The van der Waals surface area contributed by atoms with Crippen molar-refractivity contribution in [3.8, 4) is 17.2 Å². The summed E-state index contributed by atoms with van der Waals surface area (Å²) in [6.45, 7) is 8.58. The molecule has 0 saturated carbocycles. The number of carbonyl (C=O) groups is 3. The topological polar surface area (TPSA) is 101 Å². The molecule has 3 aliphatic heterocycles. The van der Waals surface area contributed by atoms with E-state index in [0.29, 0.717) is 37.1 Å². The van der Waals surface area contributed by atoms with Gasteiger partial charge in [-0.1, -0.05) is 206 Å². The monoisotopic (exact) mass is 880 g/mol. The number of likely N-dealkylation sites (tertiary alicyclic amines) is 1. The van der Waals surface area contributed by atoms with Crippen LogP contribution in [-0.2, 0) is 30.5 Å². The van der Waals surface area contributed by atoms with Crippen LogP contribution < -0.4 is 14.2 Å². The zero-order chi connectivity index (χ0) is 44.7. The van der Waals surface area contributed by atoms with Crippen LogP contribution >= 0.6 is 0 Å². The molecule has 0 aromatic heterocycles. The fourth-order valence-corrected chi connectivity index (χ4v) is 9.40. The van der Waals surface area contributed by atoms with Crippen LogP contribution in [0.15, 0.2) is 24.3 Å². The average molecular weight is 880 g/mol. The van der Waals surface area contributed by atoms with Crippen LogP contribution in [0.1, 0.15) is 225 Å². The summed E-state index contributed by atoms with van der Waals surface area (Å²) in [5.41, 5.74) is 0.758. The lowest BCUT2D eigenvalue weighted by molar-refractivity contribution is -0.147. The lowest BCUT2D eigenvalue weighted by Crippen LogP contribution is -2.36. The Bertz CT molecular complexity index is 1370. The number of fused-ring (bicyclic) bond motifs is 5. The normalized spacial score (nSPS) is 18.7. The maximum absolute atomic E-state index is 13.1. The highest BCUT2D eigenvalue weighted by atomic mass is 16.5. The van der Waals surface area contributed by atoms with Crippen molar-refractivity contribution in [2.24, 2.45) is 11.8 Å². The number of benzene rings is 1. The van der Waals surface area contributed by atoms with E-state index < -0.39 is 17.8 Å². The highest BCUT2D eigenvalue weighted by Crippen LogP contribution is 2.45. The van der Waals surface area contributed by atoms with E-state index in [2.05, 4.69) is 20.8 Å². The molecule has 0 radical (unpaired) electrons. The van der Waals surface area contributed by atoms with Crippen molar-refractivity contribution in [1.29, 1.82) is 0 Å². The van der Waals surface area contributed by atoms with Gasteiger partial charge >= 0.3 is 5.97 Å². The third kappa shape index (κ3) is 19.5. The second-order valence-electron chi connectivity index (χ2n) is 18.8. The number of imide groups is 1. The second-order valence-corrected chi connectivity index (χ2v) is 18.8. The van der Waals surface area contributed by atoms with Gasteiger partial charge in [0, 0.05) is 6.54 Å². The highest BCUT2D eigenvalue weighted by Gasteiger charge is 2.60. The molecule has 9 nitrogen and oxygen atoms in total. The Labute approximate surface area is 383 Å². The van der Waals surface area contributed by atoms with Crippen molar-refractivity contribution in [3.05, 3.63) is 29.8 Å². The van der Waals surface area contributed by atoms with E-state index in [1.165, 1.54) is 159 Å². The maximum atomic E-state index is 13.1. The molecule has 3 aliphatic rings.